The molecule has 2 unspecified atom stereocenters. The molecule has 1 nitrogen and oxygen atoms in total. The van der Waals surface area contributed by atoms with E-state index in [0.29, 0.717) is 12.0 Å². The van der Waals surface area contributed by atoms with Gasteiger partial charge in [0.15, 0.2) is 0 Å². The summed E-state index contributed by atoms with van der Waals surface area (Å²) in [6.45, 7) is 2.78. The summed E-state index contributed by atoms with van der Waals surface area (Å²) in [7, 11) is 0. The molecule has 2 heteroatoms. The first-order valence-electron chi connectivity index (χ1n) is 6.77. The largest absolute Gasteiger partial charge is 0.309 e. The Labute approximate surface area is 113 Å². The predicted octanol–water partition coefficient (Wildman–Crippen LogP) is 3.78. The number of halogens is 1. The SMILES string of the molecule is Cc1cc(F)ccc1CNC1CC1c1ccccc1. The molecule has 2 atom stereocenters. The van der Waals surface area contributed by atoms with Crippen LogP contribution in [0.25, 0.3) is 0 Å². The van der Waals surface area contributed by atoms with Gasteiger partial charge in [-0.05, 0) is 42.2 Å². The molecule has 2 aromatic rings. The average Bonchev–Trinajstić information content (AvgIpc) is 3.18. The van der Waals surface area contributed by atoms with Gasteiger partial charge in [0, 0.05) is 18.5 Å². The highest BCUT2D eigenvalue weighted by Crippen LogP contribution is 2.40. The van der Waals surface area contributed by atoms with Gasteiger partial charge in [-0.25, -0.2) is 4.39 Å². The highest BCUT2D eigenvalue weighted by molar-refractivity contribution is 5.29. The molecule has 1 aliphatic carbocycles. The Kier molecular flexibility index (Phi) is 3.34. The van der Waals surface area contributed by atoms with Crippen LogP contribution in [0.4, 0.5) is 4.39 Å². The van der Waals surface area contributed by atoms with Crippen molar-refractivity contribution in [2.24, 2.45) is 0 Å². The van der Waals surface area contributed by atoms with Crippen LogP contribution in [0.15, 0.2) is 48.5 Å². The minimum atomic E-state index is -0.158. The molecule has 3 rings (SSSR count). The predicted molar refractivity (Wildman–Crippen MR) is 75.6 cm³/mol. The maximum absolute atomic E-state index is 13.0. The highest BCUT2D eigenvalue weighted by atomic mass is 19.1. The molecule has 98 valence electrons. The Hall–Kier alpha value is -1.67. The maximum atomic E-state index is 13.0. The number of nitrogens with one attached hydrogen (secondary N) is 1. The topological polar surface area (TPSA) is 12.0 Å². The number of benzene rings is 2. The number of rotatable bonds is 4. The lowest BCUT2D eigenvalue weighted by Crippen LogP contribution is -2.17. The van der Waals surface area contributed by atoms with Crippen LogP contribution in [0.2, 0.25) is 0 Å². The lowest BCUT2D eigenvalue weighted by molar-refractivity contribution is 0.622. The number of hydrogen-bond donors (Lipinski definition) is 1. The van der Waals surface area contributed by atoms with Gasteiger partial charge in [-0.15, -0.1) is 0 Å². The highest BCUT2D eigenvalue weighted by Gasteiger charge is 2.37. The van der Waals surface area contributed by atoms with E-state index in [4.69, 9.17) is 0 Å². The molecule has 0 heterocycles. The molecule has 0 saturated heterocycles. The van der Waals surface area contributed by atoms with E-state index in [0.717, 1.165) is 12.1 Å². The average molecular weight is 255 g/mol. The monoisotopic (exact) mass is 255 g/mol. The Morgan fingerprint density at radius 1 is 1.16 bits per heavy atom. The zero-order chi connectivity index (χ0) is 13.2. The van der Waals surface area contributed by atoms with Crippen molar-refractivity contribution in [2.45, 2.75) is 31.8 Å². The van der Waals surface area contributed by atoms with E-state index in [1.54, 1.807) is 6.07 Å². The first-order chi connectivity index (χ1) is 9.24. The van der Waals surface area contributed by atoms with Gasteiger partial charge in [0.2, 0.25) is 0 Å². The van der Waals surface area contributed by atoms with Gasteiger partial charge in [-0.2, -0.15) is 0 Å². The second kappa shape index (κ2) is 5.14. The summed E-state index contributed by atoms with van der Waals surface area (Å²) in [5.41, 5.74) is 3.61. The summed E-state index contributed by atoms with van der Waals surface area (Å²) in [6, 6.07) is 16.2. The molecule has 2 aromatic carbocycles. The van der Waals surface area contributed by atoms with Gasteiger partial charge in [0.1, 0.15) is 5.82 Å². The van der Waals surface area contributed by atoms with E-state index in [9.17, 15) is 4.39 Å². The molecular formula is C17H18FN. The van der Waals surface area contributed by atoms with Crippen molar-refractivity contribution in [1.29, 1.82) is 0 Å². The van der Waals surface area contributed by atoms with E-state index in [2.05, 4.69) is 35.6 Å². The fraction of sp³-hybridized carbons (Fsp3) is 0.294. The van der Waals surface area contributed by atoms with Gasteiger partial charge in [-0.3, -0.25) is 0 Å². The molecule has 1 N–H and O–H groups in total. The van der Waals surface area contributed by atoms with Crippen molar-refractivity contribution in [3.05, 3.63) is 71.0 Å². The fourth-order valence-electron chi connectivity index (χ4n) is 2.59. The van der Waals surface area contributed by atoms with Crippen LogP contribution in [0.3, 0.4) is 0 Å². The molecule has 0 radical (unpaired) electrons. The molecule has 1 fully saturated rings. The van der Waals surface area contributed by atoms with E-state index < -0.39 is 0 Å². The van der Waals surface area contributed by atoms with Crippen LogP contribution in [-0.4, -0.2) is 6.04 Å². The molecule has 0 spiro atoms. The van der Waals surface area contributed by atoms with Gasteiger partial charge in [0.25, 0.3) is 0 Å². The minimum absolute atomic E-state index is 0.158. The third-order valence-corrected chi connectivity index (χ3v) is 3.88. The van der Waals surface area contributed by atoms with Crippen molar-refractivity contribution in [1.82, 2.24) is 5.32 Å². The summed E-state index contributed by atoms with van der Waals surface area (Å²) in [5, 5.41) is 3.56. The lowest BCUT2D eigenvalue weighted by Gasteiger charge is -2.08. The third kappa shape index (κ3) is 2.85. The Balaban J connectivity index is 1.57. The molecule has 0 aromatic heterocycles. The standard InChI is InChI=1S/C17H18FN/c1-12-9-15(18)8-7-14(12)11-19-17-10-16(17)13-5-3-2-4-6-13/h2-9,16-17,19H,10-11H2,1H3. The van der Waals surface area contributed by atoms with E-state index in [1.807, 2.05) is 13.0 Å². The first-order valence-corrected chi connectivity index (χ1v) is 6.77. The smallest absolute Gasteiger partial charge is 0.123 e. The Morgan fingerprint density at radius 3 is 2.68 bits per heavy atom. The van der Waals surface area contributed by atoms with Crippen LogP contribution in [0.5, 0.6) is 0 Å². The fourth-order valence-corrected chi connectivity index (χ4v) is 2.59. The Bertz CT molecular complexity index is 565. The van der Waals surface area contributed by atoms with E-state index in [-0.39, 0.29) is 5.82 Å². The molecule has 19 heavy (non-hydrogen) atoms. The molecule has 1 aliphatic rings. The lowest BCUT2D eigenvalue weighted by atomic mass is 10.1. The zero-order valence-corrected chi connectivity index (χ0v) is 11.1. The number of aryl methyl sites for hydroxylation is 1. The summed E-state index contributed by atoms with van der Waals surface area (Å²) in [5.74, 6) is 0.483. The summed E-state index contributed by atoms with van der Waals surface area (Å²) >= 11 is 0. The van der Waals surface area contributed by atoms with Crippen LogP contribution in [0, 0.1) is 12.7 Å². The van der Waals surface area contributed by atoms with Crippen LogP contribution < -0.4 is 5.32 Å². The normalized spacial score (nSPS) is 21.4. The van der Waals surface area contributed by atoms with Crippen molar-refractivity contribution in [3.8, 4) is 0 Å². The molecular weight excluding hydrogens is 237 g/mol. The first kappa shape index (κ1) is 12.4. The van der Waals surface area contributed by atoms with E-state index in [1.165, 1.54) is 23.6 Å². The maximum Gasteiger partial charge on any atom is 0.123 e. The molecule has 0 bridgehead atoms. The van der Waals surface area contributed by atoms with Gasteiger partial charge < -0.3 is 5.32 Å². The zero-order valence-electron chi connectivity index (χ0n) is 11.1. The number of hydrogen-bond acceptors (Lipinski definition) is 1. The van der Waals surface area contributed by atoms with Crippen LogP contribution in [-0.2, 0) is 6.54 Å². The quantitative estimate of drug-likeness (QED) is 0.876. The van der Waals surface area contributed by atoms with Crippen LogP contribution in [0.1, 0.15) is 29.0 Å². The van der Waals surface area contributed by atoms with Crippen molar-refractivity contribution in [3.63, 3.8) is 0 Å². The van der Waals surface area contributed by atoms with Crippen LogP contribution >= 0.6 is 0 Å². The van der Waals surface area contributed by atoms with Gasteiger partial charge >= 0.3 is 0 Å². The summed E-state index contributed by atoms with van der Waals surface area (Å²) in [4.78, 5) is 0. The van der Waals surface area contributed by atoms with E-state index >= 15 is 0 Å². The van der Waals surface area contributed by atoms with Gasteiger partial charge in [0.05, 0.1) is 0 Å². The van der Waals surface area contributed by atoms with Crippen molar-refractivity contribution in [2.75, 3.05) is 0 Å². The Morgan fingerprint density at radius 2 is 1.95 bits per heavy atom. The third-order valence-electron chi connectivity index (χ3n) is 3.88. The second-order valence-corrected chi connectivity index (χ2v) is 5.31. The summed E-state index contributed by atoms with van der Waals surface area (Å²) in [6.07, 6.45) is 1.20. The van der Waals surface area contributed by atoms with Crippen molar-refractivity contribution < 1.29 is 4.39 Å². The molecule has 0 aliphatic heterocycles. The summed E-state index contributed by atoms with van der Waals surface area (Å²) < 4.78 is 13.0. The second-order valence-electron chi connectivity index (χ2n) is 5.31. The molecule has 0 amide bonds. The molecule has 1 saturated carbocycles. The van der Waals surface area contributed by atoms with Gasteiger partial charge in [-0.1, -0.05) is 36.4 Å². The minimum Gasteiger partial charge on any atom is -0.309 e. The van der Waals surface area contributed by atoms with Crippen molar-refractivity contribution >= 4 is 0 Å².